The smallest absolute Gasteiger partial charge is 0.379 e. The second kappa shape index (κ2) is 7.26. The Morgan fingerprint density at radius 3 is 2.14 bits per heavy atom. The van der Waals surface area contributed by atoms with Crippen molar-refractivity contribution in [3.05, 3.63) is 0 Å². The highest BCUT2D eigenvalue weighted by Crippen LogP contribution is 2.42. The van der Waals surface area contributed by atoms with Crippen molar-refractivity contribution < 1.29 is 49.3 Å². The molecule has 1 saturated heterocycles. The van der Waals surface area contributed by atoms with Crippen LogP contribution in [0, 0.1) is 0 Å². The molecule has 0 aromatic heterocycles. The molecule has 0 radical (unpaired) electrons. The van der Waals surface area contributed by atoms with Crippen LogP contribution in [0.2, 0.25) is 0 Å². The first-order valence-corrected chi connectivity index (χ1v) is 6.25. The summed E-state index contributed by atoms with van der Waals surface area (Å²) >= 11 is 0. The molecule has 1 aliphatic heterocycles. The molecule has 0 spiro atoms. The zero-order valence-corrected chi connectivity index (χ0v) is 11.1. The maximum absolute atomic E-state index is 13.0. The molecule has 0 N–H and O–H groups in total. The predicted molar refractivity (Wildman–Crippen MR) is 56.6 cm³/mol. The van der Waals surface area contributed by atoms with E-state index >= 15 is 0 Å². The lowest BCUT2D eigenvalue weighted by Gasteiger charge is -2.29. The van der Waals surface area contributed by atoms with Gasteiger partial charge in [0, 0.05) is 6.61 Å². The first kappa shape index (κ1) is 19.4. The molecule has 0 aliphatic carbocycles. The van der Waals surface area contributed by atoms with Crippen LogP contribution in [0.4, 0.5) is 35.1 Å². The fraction of sp³-hybridized carbons (Fsp3) is 1.00. The van der Waals surface area contributed by atoms with E-state index in [0.717, 1.165) is 0 Å². The SMILES string of the molecule is FC(CC(F)(F)F)C(F)(F)C(F)(F)OCCCOCC1CO1. The van der Waals surface area contributed by atoms with Gasteiger partial charge in [0.25, 0.3) is 0 Å². The van der Waals surface area contributed by atoms with E-state index < -0.39 is 37.4 Å². The quantitative estimate of drug-likeness (QED) is 0.345. The maximum Gasteiger partial charge on any atom is 0.422 e. The van der Waals surface area contributed by atoms with Gasteiger partial charge in [0.15, 0.2) is 6.17 Å². The van der Waals surface area contributed by atoms with Crippen LogP contribution in [0.5, 0.6) is 0 Å². The molecule has 1 aliphatic rings. The van der Waals surface area contributed by atoms with E-state index in [1.165, 1.54) is 0 Å². The van der Waals surface area contributed by atoms with Gasteiger partial charge in [0.1, 0.15) is 6.10 Å². The summed E-state index contributed by atoms with van der Waals surface area (Å²) in [6, 6.07) is 0. The Morgan fingerprint density at radius 2 is 1.64 bits per heavy atom. The van der Waals surface area contributed by atoms with Crippen molar-refractivity contribution in [2.45, 2.75) is 43.3 Å². The summed E-state index contributed by atoms with van der Waals surface area (Å²) in [4.78, 5) is 0. The first-order valence-electron chi connectivity index (χ1n) is 6.25. The van der Waals surface area contributed by atoms with Gasteiger partial charge in [-0.1, -0.05) is 0 Å². The number of alkyl halides is 8. The molecular weight excluding hydrogens is 332 g/mol. The monoisotopic (exact) mass is 346 g/mol. The molecule has 132 valence electrons. The van der Waals surface area contributed by atoms with Crippen LogP contribution < -0.4 is 0 Å². The van der Waals surface area contributed by atoms with E-state index in [1.54, 1.807) is 0 Å². The summed E-state index contributed by atoms with van der Waals surface area (Å²) in [5.74, 6) is -5.59. The molecule has 0 bridgehead atoms. The maximum atomic E-state index is 13.0. The third-order valence-electron chi connectivity index (χ3n) is 2.61. The lowest BCUT2D eigenvalue weighted by Crippen LogP contribution is -2.51. The second-order valence-corrected chi connectivity index (χ2v) is 4.66. The summed E-state index contributed by atoms with van der Waals surface area (Å²) in [5, 5.41) is 0. The lowest BCUT2D eigenvalue weighted by molar-refractivity contribution is -0.366. The Bertz CT molecular complexity index is 343. The number of halogens is 8. The Labute approximate surface area is 120 Å². The van der Waals surface area contributed by atoms with Crippen LogP contribution in [-0.2, 0) is 14.2 Å². The summed E-state index contributed by atoms with van der Waals surface area (Å²) in [6.07, 6.45) is -17.8. The molecule has 0 amide bonds. The highest BCUT2D eigenvalue weighted by Gasteiger charge is 2.65. The van der Waals surface area contributed by atoms with Gasteiger partial charge in [0.2, 0.25) is 0 Å². The summed E-state index contributed by atoms with van der Waals surface area (Å²) in [5.41, 5.74) is 0. The van der Waals surface area contributed by atoms with Crippen LogP contribution in [0.25, 0.3) is 0 Å². The molecule has 0 aromatic carbocycles. The average Bonchev–Trinajstić information content (AvgIpc) is 3.15. The van der Waals surface area contributed by atoms with E-state index in [0.29, 0.717) is 6.61 Å². The highest BCUT2D eigenvalue weighted by molar-refractivity contribution is 4.87. The third kappa shape index (κ3) is 6.21. The molecule has 1 fully saturated rings. The van der Waals surface area contributed by atoms with Crippen molar-refractivity contribution in [2.75, 3.05) is 26.4 Å². The topological polar surface area (TPSA) is 31.0 Å². The normalized spacial score (nSPS) is 21.0. The zero-order chi connectivity index (χ0) is 17.0. The molecule has 1 rings (SSSR count). The summed E-state index contributed by atoms with van der Waals surface area (Å²) < 4.78 is 114. The van der Waals surface area contributed by atoms with Gasteiger partial charge >= 0.3 is 18.2 Å². The number of ether oxygens (including phenoxy) is 3. The molecule has 2 atom stereocenters. The van der Waals surface area contributed by atoms with E-state index in [2.05, 4.69) is 4.74 Å². The third-order valence-corrected chi connectivity index (χ3v) is 2.61. The van der Waals surface area contributed by atoms with Gasteiger partial charge in [0.05, 0.1) is 26.2 Å². The van der Waals surface area contributed by atoms with E-state index in [-0.39, 0.29) is 25.7 Å². The average molecular weight is 346 g/mol. The summed E-state index contributed by atoms with van der Waals surface area (Å²) in [7, 11) is 0. The van der Waals surface area contributed by atoms with Crippen LogP contribution in [-0.4, -0.2) is 56.9 Å². The fourth-order valence-corrected chi connectivity index (χ4v) is 1.35. The van der Waals surface area contributed by atoms with Gasteiger partial charge in [-0.3, -0.25) is 0 Å². The lowest BCUT2D eigenvalue weighted by atomic mass is 10.1. The fourth-order valence-electron chi connectivity index (χ4n) is 1.35. The van der Waals surface area contributed by atoms with E-state index in [9.17, 15) is 35.1 Å². The number of hydrogen-bond donors (Lipinski definition) is 0. The van der Waals surface area contributed by atoms with Crippen LogP contribution in [0.3, 0.4) is 0 Å². The molecule has 0 aromatic rings. The van der Waals surface area contributed by atoms with Gasteiger partial charge in [-0.2, -0.15) is 30.7 Å². The number of rotatable bonds is 10. The minimum atomic E-state index is -5.59. The molecular formula is C11H14F8O3. The minimum absolute atomic E-state index is 0.0682. The molecule has 22 heavy (non-hydrogen) atoms. The Morgan fingerprint density at radius 1 is 1.05 bits per heavy atom. The molecule has 11 heteroatoms. The largest absolute Gasteiger partial charge is 0.422 e. The van der Waals surface area contributed by atoms with Gasteiger partial charge in [-0.05, 0) is 6.42 Å². The van der Waals surface area contributed by atoms with Crippen molar-refractivity contribution >= 4 is 0 Å². The highest BCUT2D eigenvalue weighted by atomic mass is 19.4. The van der Waals surface area contributed by atoms with Crippen LogP contribution in [0.15, 0.2) is 0 Å². The minimum Gasteiger partial charge on any atom is -0.379 e. The van der Waals surface area contributed by atoms with Crippen LogP contribution in [0.1, 0.15) is 12.8 Å². The van der Waals surface area contributed by atoms with Crippen LogP contribution >= 0.6 is 0 Å². The molecule has 2 unspecified atom stereocenters. The zero-order valence-electron chi connectivity index (χ0n) is 11.1. The van der Waals surface area contributed by atoms with Crippen molar-refractivity contribution in [2.24, 2.45) is 0 Å². The standard InChI is InChI=1S/C11H14F8O3/c12-8(4-9(13,14)15)10(16,17)11(18,19)22-3-1-2-20-5-7-6-21-7/h7-8H,1-6H2. The van der Waals surface area contributed by atoms with Gasteiger partial charge in [-0.25, -0.2) is 4.39 Å². The second-order valence-electron chi connectivity index (χ2n) is 4.66. The van der Waals surface area contributed by atoms with E-state index in [1.807, 2.05) is 0 Å². The van der Waals surface area contributed by atoms with Gasteiger partial charge < -0.3 is 14.2 Å². The first-order chi connectivity index (χ1) is 9.96. The number of hydrogen-bond acceptors (Lipinski definition) is 3. The summed E-state index contributed by atoms with van der Waals surface area (Å²) in [6.45, 7) is -0.293. The Kier molecular flexibility index (Phi) is 6.39. The molecule has 3 nitrogen and oxygen atoms in total. The number of epoxide rings is 1. The Hall–Kier alpha value is -0.680. The predicted octanol–water partition coefficient (Wildman–Crippen LogP) is 3.33. The van der Waals surface area contributed by atoms with Gasteiger partial charge in [-0.15, -0.1) is 0 Å². The molecule has 0 saturated carbocycles. The van der Waals surface area contributed by atoms with Crippen molar-refractivity contribution in [3.63, 3.8) is 0 Å². The van der Waals surface area contributed by atoms with Crippen molar-refractivity contribution in [3.8, 4) is 0 Å². The van der Waals surface area contributed by atoms with Crippen molar-refractivity contribution in [1.29, 1.82) is 0 Å². The van der Waals surface area contributed by atoms with E-state index in [4.69, 9.17) is 9.47 Å². The van der Waals surface area contributed by atoms with Crippen molar-refractivity contribution in [1.82, 2.24) is 0 Å². The molecule has 1 heterocycles. The Balaban J connectivity index is 2.33.